The Morgan fingerprint density at radius 1 is 1.38 bits per heavy atom. The number of benzene rings is 1. The molecule has 1 aliphatic heterocycles. The lowest BCUT2D eigenvalue weighted by Crippen LogP contribution is -2.34. The van der Waals surface area contributed by atoms with Gasteiger partial charge in [-0.2, -0.15) is 0 Å². The summed E-state index contributed by atoms with van der Waals surface area (Å²) in [7, 11) is 0. The van der Waals surface area contributed by atoms with E-state index in [1.54, 1.807) is 0 Å². The minimum atomic E-state index is -0.136. The van der Waals surface area contributed by atoms with E-state index in [9.17, 15) is 4.79 Å². The van der Waals surface area contributed by atoms with Gasteiger partial charge in [-0.05, 0) is 17.7 Å². The molecule has 2 rings (SSSR count). The zero-order valence-corrected chi connectivity index (χ0v) is 10.4. The van der Waals surface area contributed by atoms with Gasteiger partial charge in [0.25, 0.3) is 0 Å². The Morgan fingerprint density at radius 3 is 2.62 bits per heavy atom. The zero-order chi connectivity index (χ0) is 11.5. The number of carbonyl (C=O) groups is 1. The Labute approximate surface area is 103 Å². The molecule has 0 saturated carbocycles. The van der Waals surface area contributed by atoms with E-state index in [-0.39, 0.29) is 17.7 Å². The van der Waals surface area contributed by atoms with Crippen molar-refractivity contribution >= 4 is 21.7 Å². The molecule has 1 aliphatic rings. The van der Waals surface area contributed by atoms with Crippen LogP contribution in [0.4, 0.5) is 0 Å². The third kappa shape index (κ3) is 2.70. The fourth-order valence-electron chi connectivity index (χ4n) is 1.84. The summed E-state index contributed by atoms with van der Waals surface area (Å²) in [4.78, 5) is 11.9. The largest absolute Gasteiger partial charge is 0.379 e. The smallest absolute Gasteiger partial charge is 0.144 e. The van der Waals surface area contributed by atoms with Gasteiger partial charge in [0.05, 0.1) is 19.1 Å². The molecule has 1 aromatic carbocycles. The molecule has 0 amide bonds. The van der Waals surface area contributed by atoms with Crippen LogP contribution in [0.3, 0.4) is 0 Å². The summed E-state index contributed by atoms with van der Waals surface area (Å²) in [5.41, 5.74) is 6.82. The average Bonchev–Trinajstić information content (AvgIpc) is 2.68. The molecule has 0 spiro atoms. The monoisotopic (exact) mass is 283 g/mol. The maximum Gasteiger partial charge on any atom is 0.144 e. The predicted molar refractivity (Wildman–Crippen MR) is 65.1 cm³/mol. The number of hydrogen-bond acceptors (Lipinski definition) is 3. The van der Waals surface area contributed by atoms with E-state index < -0.39 is 0 Å². The van der Waals surface area contributed by atoms with Crippen molar-refractivity contribution in [1.29, 1.82) is 0 Å². The highest BCUT2D eigenvalue weighted by molar-refractivity contribution is 9.10. The lowest BCUT2D eigenvalue weighted by atomic mass is 9.94. The van der Waals surface area contributed by atoms with Crippen molar-refractivity contribution in [2.75, 3.05) is 13.2 Å². The first-order chi connectivity index (χ1) is 7.66. The second kappa shape index (κ2) is 5.08. The van der Waals surface area contributed by atoms with E-state index in [2.05, 4.69) is 15.9 Å². The molecule has 1 saturated heterocycles. The van der Waals surface area contributed by atoms with Crippen LogP contribution in [0.5, 0.6) is 0 Å². The number of ketones is 1. The van der Waals surface area contributed by atoms with E-state index in [1.807, 2.05) is 24.3 Å². The van der Waals surface area contributed by atoms with Crippen molar-refractivity contribution in [1.82, 2.24) is 0 Å². The SMILES string of the molecule is NC1COCC1C(=O)Cc1ccc(Br)cc1. The van der Waals surface area contributed by atoms with Crippen LogP contribution >= 0.6 is 15.9 Å². The zero-order valence-electron chi connectivity index (χ0n) is 8.86. The Kier molecular flexibility index (Phi) is 3.74. The quantitative estimate of drug-likeness (QED) is 0.916. The van der Waals surface area contributed by atoms with Crippen molar-refractivity contribution in [3.8, 4) is 0 Å². The molecule has 2 atom stereocenters. The number of halogens is 1. The normalized spacial score (nSPS) is 24.6. The number of rotatable bonds is 3. The number of Topliss-reactive ketones (excluding diaryl/α,β-unsaturated/α-hetero) is 1. The van der Waals surface area contributed by atoms with Gasteiger partial charge < -0.3 is 10.5 Å². The molecule has 3 nitrogen and oxygen atoms in total. The van der Waals surface area contributed by atoms with E-state index in [0.29, 0.717) is 19.6 Å². The van der Waals surface area contributed by atoms with Crippen molar-refractivity contribution in [2.45, 2.75) is 12.5 Å². The summed E-state index contributed by atoms with van der Waals surface area (Å²) >= 11 is 3.36. The van der Waals surface area contributed by atoms with E-state index in [0.717, 1.165) is 10.0 Å². The number of ether oxygens (including phenoxy) is 1. The van der Waals surface area contributed by atoms with Crippen LogP contribution < -0.4 is 5.73 Å². The van der Waals surface area contributed by atoms with Crippen molar-refractivity contribution in [3.05, 3.63) is 34.3 Å². The fourth-order valence-corrected chi connectivity index (χ4v) is 2.10. The molecule has 86 valence electrons. The van der Waals surface area contributed by atoms with Gasteiger partial charge in [0.2, 0.25) is 0 Å². The molecular formula is C12H14BrNO2. The van der Waals surface area contributed by atoms with E-state index in [1.165, 1.54) is 0 Å². The first-order valence-corrected chi connectivity index (χ1v) is 6.06. The maximum absolute atomic E-state index is 11.9. The molecule has 0 aromatic heterocycles. The molecule has 0 radical (unpaired) electrons. The number of carbonyl (C=O) groups excluding carboxylic acids is 1. The lowest BCUT2D eigenvalue weighted by molar-refractivity contribution is -0.122. The van der Waals surface area contributed by atoms with Crippen LogP contribution in [-0.2, 0) is 16.0 Å². The summed E-state index contributed by atoms with van der Waals surface area (Å²) in [6.45, 7) is 0.966. The highest BCUT2D eigenvalue weighted by Gasteiger charge is 2.30. The summed E-state index contributed by atoms with van der Waals surface area (Å²) in [5, 5.41) is 0. The first-order valence-electron chi connectivity index (χ1n) is 5.27. The van der Waals surface area contributed by atoms with Crippen LogP contribution in [-0.4, -0.2) is 25.0 Å². The van der Waals surface area contributed by atoms with Crippen LogP contribution in [0.25, 0.3) is 0 Å². The van der Waals surface area contributed by atoms with Crippen LogP contribution in [0.15, 0.2) is 28.7 Å². The summed E-state index contributed by atoms with van der Waals surface area (Å²) in [6, 6.07) is 7.64. The molecule has 1 fully saturated rings. The molecule has 16 heavy (non-hydrogen) atoms. The third-order valence-electron chi connectivity index (χ3n) is 2.83. The van der Waals surface area contributed by atoms with Crippen LogP contribution in [0, 0.1) is 5.92 Å². The van der Waals surface area contributed by atoms with Crippen LogP contribution in [0.1, 0.15) is 5.56 Å². The van der Waals surface area contributed by atoms with Crippen molar-refractivity contribution in [3.63, 3.8) is 0 Å². The van der Waals surface area contributed by atoms with Crippen molar-refractivity contribution in [2.24, 2.45) is 11.7 Å². The Morgan fingerprint density at radius 2 is 2.06 bits per heavy atom. The summed E-state index contributed by atoms with van der Waals surface area (Å²) in [6.07, 6.45) is 0.439. The minimum absolute atomic E-state index is 0.136. The fraction of sp³-hybridized carbons (Fsp3) is 0.417. The van der Waals surface area contributed by atoms with E-state index in [4.69, 9.17) is 10.5 Å². The topological polar surface area (TPSA) is 52.3 Å². The van der Waals surface area contributed by atoms with Gasteiger partial charge in [0.15, 0.2) is 0 Å². The van der Waals surface area contributed by atoms with Crippen molar-refractivity contribution < 1.29 is 9.53 Å². The van der Waals surface area contributed by atoms with Gasteiger partial charge in [-0.3, -0.25) is 4.79 Å². The number of hydrogen-bond donors (Lipinski definition) is 1. The molecule has 0 aliphatic carbocycles. The average molecular weight is 284 g/mol. The Hall–Kier alpha value is -0.710. The molecule has 1 aromatic rings. The second-order valence-corrected chi connectivity index (χ2v) is 4.99. The lowest BCUT2D eigenvalue weighted by Gasteiger charge is -2.11. The molecule has 2 unspecified atom stereocenters. The Balaban J connectivity index is 1.99. The standard InChI is InChI=1S/C12H14BrNO2/c13-9-3-1-8(2-4-9)5-12(15)10-6-16-7-11(10)14/h1-4,10-11H,5-7,14H2. The molecule has 4 heteroatoms. The first kappa shape index (κ1) is 11.8. The molecule has 0 bridgehead atoms. The minimum Gasteiger partial charge on any atom is -0.379 e. The molecule has 1 heterocycles. The predicted octanol–water partition coefficient (Wildman–Crippen LogP) is 1.53. The highest BCUT2D eigenvalue weighted by atomic mass is 79.9. The number of nitrogens with two attached hydrogens (primary N) is 1. The van der Waals surface area contributed by atoms with Gasteiger partial charge in [-0.1, -0.05) is 28.1 Å². The van der Waals surface area contributed by atoms with E-state index >= 15 is 0 Å². The Bertz CT molecular complexity index is 377. The maximum atomic E-state index is 11.9. The summed E-state index contributed by atoms with van der Waals surface area (Å²) in [5.74, 6) is 0.0379. The van der Waals surface area contributed by atoms with Gasteiger partial charge >= 0.3 is 0 Å². The highest BCUT2D eigenvalue weighted by Crippen LogP contribution is 2.17. The van der Waals surface area contributed by atoms with Gasteiger partial charge in [0, 0.05) is 16.9 Å². The van der Waals surface area contributed by atoms with Gasteiger partial charge in [0.1, 0.15) is 5.78 Å². The third-order valence-corrected chi connectivity index (χ3v) is 3.36. The van der Waals surface area contributed by atoms with Crippen LogP contribution in [0.2, 0.25) is 0 Å². The van der Waals surface area contributed by atoms with Gasteiger partial charge in [-0.25, -0.2) is 0 Å². The second-order valence-electron chi connectivity index (χ2n) is 4.08. The van der Waals surface area contributed by atoms with Gasteiger partial charge in [-0.15, -0.1) is 0 Å². The summed E-state index contributed by atoms with van der Waals surface area (Å²) < 4.78 is 6.21. The molecule has 2 N–H and O–H groups in total. The molecular weight excluding hydrogens is 270 g/mol.